The zero-order valence-corrected chi connectivity index (χ0v) is 18.8. The van der Waals surface area contributed by atoms with Crippen LogP contribution in [0.1, 0.15) is 16.8 Å². The van der Waals surface area contributed by atoms with E-state index in [1.807, 2.05) is 37.3 Å². The lowest BCUT2D eigenvalue weighted by atomic mass is 9.97. The summed E-state index contributed by atoms with van der Waals surface area (Å²) in [7, 11) is 1.52. The topological polar surface area (TPSA) is 79.5 Å². The molecule has 0 radical (unpaired) electrons. The summed E-state index contributed by atoms with van der Waals surface area (Å²) in [5.41, 5.74) is 7.61. The first-order valence-corrected chi connectivity index (χ1v) is 10.7. The molecule has 0 spiro atoms. The van der Waals surface area contributed by atoms with Crippen molar-refractivity contribution in [1.29, 1.82) is 0 Å². The summed E-state index contributed by atoms with van der Waals surface area (Å²) in [5, 5.41) is 8.55. The van der Waals surface area contributed by atoms with Crippen molar-refractivity contribution in [2.45, 2.75) is 6.92 Å². The van der Waals surface area contributed by atoms with Gasteiger partial charge in [-0.25, -0.2) is 4.39 Å². The molecule has 168 valence electrons. The number of halogens is 1. The van der Waals surface area contributed by atoms with E-state index in [0.717, 1.165) is 50.4 Å². The number of fused-ring (bicyclic) bond motifs is 1. The van der Waals surface area contributed by atoms with Gasteiger partial charge in [0, 0.05) is 40.7 Å². The molecule has 0 bridgehead atoms. The fraction of sp³-hybridized carbons (Fsp3) is 0.0741. The number of aromatic nitrogens is 5. The maximum atomic E-state index is 14.2. The highest BCUT2D eigenvalue weighted by molar-refractivity contribution is 5.95. The first-order valence-electron chi connectivity index (χ1n) is 10.7. The lowest BCUT2D eigenvalue weighted by Gasteiger charge is -2.09. The normalized spacial score (nSPS) is 11.7. The maximum absolute atomic E-state index is 14.2. The number of ether oxygens (including phenoxy) is 1. The average molecular weight is 452 g/mol. The van der Waals surface area contributed by atoms with Crippen molar-refractivity contribution in [3.8, 4) is 28.4 Å². The van der Waals surface area contributed by atoms with Crippen LogP contribution in [0.2, 0.25) is 0 Å². The SMILES string of the molecule is C=C/C=C(/c1cc(F)cc(OC)c1)c1cc(-c2n[nH]c3cnc(-c4ccncc4)cc23)[nH]c1C. The smallest absolute Gasteiger partial charge is 0.127 e. The van der Waals surface area contributed by atoms with Gasteiger partial charge in [-0.05, 0) is 54.5 Å². The third-order valence-corrected chi connectivity index (χ3v) is 5.69. The van der Waals surface area contributed by atoms with Gasteiger partial charge in [-0.2, -0.15) is 5.10 Å². The molecule has 7 heteroatoms. The predicted octanol–water partition coefficient (Wildman–Crippen LogP) is 6.09. The van der Waals surface area contributed by atoms with Crippen LogP contribution in [0.15, 0.2) is 79.8 Å². The van der Waals surface area contributed by atoms with Gasteiger partial charge in [-0.3, -0.25) is 15.1 Å². The van der Waals surface area contributed by atoms with Gasteiger partial charge in [0.1, 0.15) is 17.3 Å². The van der Waals surface area contributed by atoms with Crippen molar-refractivity contribution in [2.24, 2.45) is 0 Å². The molecule has 5 rings (SSSR count). The number of H-pyrrole nitrogens is 2. The summed E-state index contributed by atoms with van der Waals surface area (Å²) in [6.07, 6.45) is 8.82. The van der Waals surface area contributed by atoms with Crippen molar-refractivity contribution in [3.63, 3.8) is 0 Å². The van der Waals surface area contributed by atoms with Crippen molar-refractivity contribution in [2.75, 3.05) is 7.11 Å². The molecule has 0 saturated heterocycles. The van der Waals surface area contributed by atoms with Crippen LogP contribution in [0.3, 0.4) is 0 Å². The van der Waals surface area contributed by atoms with Crippen LogP contribution in [0, 0.1) is 12.7 Å². The first-order chi connectivity index (χ1) is 16.6. The standard InChI is InChI=1S/C27H22FN5O/c1-4-5-21(18-10-19(28)12-20(11-18)34-3)22-13-25(31-16(22)2)27-23-14-24(17-6-8-29-9-7-17)30-15-26(23)32-33-27/h4-15,31H,1H2,2-3H3,(H,32,33)/b21-5-. The van der Waals surface area contributed by atoms with Crippen LogP contribution in [0.5, 0.6) is 5.75 Å². The molecule has 4 heterocycles. The number of hydrogen-bond acceptors (Lipinski definition) is 4. The van der Waals surface area contributed by atoms with Gasteiger partial charge >= 0.3 is 0 Å². The Morgan fingerprint density at radius 1 is 1.12 bits per heavy atom. The number of methoxy groups -OCH3 is 1. The van der Waals surface area contributed by atoms with Gasteiger partial charge in [-0.15, -0.1) is 0 Å². The Balaban J connectivity index is 1.61. The van der Waals surface area contributed by atoms with E-state index in [4.69, 9.17) is 4.74 Å². The molecule has 1 aromatic carbocycles. The second-order valence-corrected chi connectivity index (χ2v) is 7.84. The minimum atomic E-state index is -0.368. The number of nitrogens with one attached hydrogen (secondary N) is 2. The number of aryl methyl sites for hydroxylation is 1. The van der Waals surface area contributed by atoms with Crippen LogP contribution in [0.25, 0.3) is 39.1 Å². The summed E-state index contributed by atoms with van der Waals surface area (Å²) >= 11 is 0. The zero-order chi connectivity index (χ0) is 23.7. The molecular formula is C27H22FN5O. The van der Waals surface area contributed by atoms with E-state index < -0.39 is 0 Å². The summed E-state index contributed by atoms with van der Waals surface area (Å²) in [4.78, 5) is 12.1. The number of rotatable bonds is 6. The van der Waals surface area contributed by atoms with E-state index in [-0.39, 0.29) is 5.82 Å². The highest BCUT2D eigenvalue weighted by Gasteiger charge is 2.17. The molecule has 0 unspecified atom stereocenters. The van der Waals surface area contributed by atoms with Crippen molar-refractivity contribution >= 4 is 16.5 Å². The quantitative estimate of drug-likeness (QED) is 0.306. The molecule has 0 amide bonds. The zero-order valence-electron chi connectivity index (χ0n) is 18.8. The number of aromatic amines is 2. The largest absolute Gasteiger partial charge is 0.497 e. The molecule has 0 atom stereocenters. The van der Waals surface area contributed by atoms with E-state index in [9.17, 15) is 4.39 Å². The third kappa shape index (κ3) is 3.88. The summed E-state index contributed by atoms with van der Waals surface area (Å²) in [6.45, 7) is 5.82. The number of benzene rings is 1. The van der Waals surface area contributed by atoms with Crippen LogP contribution >= 0.6 is 0 Å². The van der Waals surface area contributed by atoms with Crippen LogP contribution < -0.4 is 4.74 Å². The van der Waals surface area contributed by atoms with E-state index in [1.165, 1.54) is 19.2 Å². The van der Waals surface area contributed by atoms with Crippen molar-refractivity contribution in [1.82, 2.24) is 25.1 Å². The van der Waals surface area contributed by atoms with Crippen LogP contribution in [-0.2, 0) is 0 Å². The predicted molar refractivity (Wildman–Crippen MR) is 132 cm³/mol. The lowest BCUT2D eigenvalue weighted by molar-refractivity contribution is 0.411. The Morgan fingerprint density at radius 2 is 1.94 bits per heavy atom. The minimum absolute atomic E-state index is 0.368. The molecule has 34 heavy (non-hydrogen) atoms. The van der Waals surface area contributed by atoms with E-state index in [2.05, 4.69) is 31.7 Å². The van der Waals surface area contributed by atoms with Crippen molar-refractivity contribution < 1.29 is 9.13 Å². The van der Waals surface area contributed by atoms with Crippen LogP contribution in [-0.4, -0.2) is 32.3 Å². The number of hydrogen-bond donors (Lipinski definition) is 2. The number of nitrogens with zero attached hydrogens (tertiary/aromatic N) is 3. The molecule has 0 saturated carbocycles. The van der Waals surface area contributed by atoms with Gasteiger partial charge in [-0.1, -0.05) is 18.7 Å². The fourth-order valence-electron chi connectivity index (χ4n) is 4.06. The second kappa shape index (κ2) is 8.78. The molecular weight excluding hydrogens is 429 g/mol. The van der Waals surface area contributed by atoms with Gasteiger partial charge in [0.2, 0.25) is 0 Å². The molecule has 6 nitrogen and oxygen atoms in total. The Kier molecular flexibility index (Phi) is 5.51. The summed E-state index contributed by atoms with van der Waals surface area (Å²) in [5.74, 6) is 0.0833. The number of allylic oxidation sites excluding steroid dienone is 2. The first kappa shape index (κ1) is 21.3. The molecule has 0 aliphatic carbocycles. The molecule has 5 aromatic rings. The summed E-state index contributed by atoms with van der Waals surface area (Å²) < 4.78 is 19.5. The molecule has 4 aromatic heterocycles. The monoisotopic (exact) mass is 451 g/mol. The Bertz CT molecular complexity index is 1530. The highest BCUT2D eigenvalue weighted by atomic mass is 19.1. The van der Waals surface area contributed by atoms with Gasteiger partial charge < -0.3 is 9.72 Å². The van der Waals surface area contributed by atoms with E-state index in [1.54, 1.807) is 30.7 Å². The molecule has 0 aliphatic heterocycles. The van der Waals surface area contributed by atoms with E-state index in [0.29, 0.717) is 11.3 Å². The maximum Gasteiger partial charge on any atom is 0.127 e. The fourth-order valence-corrected chi connectivity index (χ4v) is 4.06. The molecule has 0 aliphatic rings. The average Bonchev–Trinajstić information content (AvgIpc) is 3.45. The molecule has 0 fully saturated rings. The lowest BCUT2D eigenvalue weighted by Crippen LogP contribution is -1.92. The minimum Gasteiger partial charge on any atom is -0.497 e. The Labute approximate surface area is 195 Å². The highest BCUT2D eigenvalue weighted by Crippen LogP contribution is 2.35. The van der Waals surface area contributed by atoms with Crippen LogP contribution in [0.4, 0.5) is 4.39 Å². The Hall–Kier alpha value is -4.52. The third-order valence-electron chi connectivity index (χ3n) is 5.69. The van der Waals surface area contributed by atoms with Crippen molar-refractivity contribution in [3.05, 3.63) is 102 Å². The van der Waals surface area contributed by atoms with Gasteiger partial charge in [0.15, 0.2) is 0 Å². The van der Waals surface area contributed by atoms with E-state index >= 15 is 0 Å². The summed E-state index contributed by atoms with van der Waals surface area (Å²) in [6, 6.07) is 12.5. The number of pyridine rings is 2. The molecule has 2 N–H and O–H groups in total. The van der Waals surface area contributed by atoms with Gasteiger partial charge in [0.25, 0.3) is 0 Å². The van der Waals surface area contributed by atoms with Gasteiger partial charge in [0.05, 0.1) is 30.2 Å². The second-order valence-electron chi connectivity index (χ2n) is 7.84. The Morgan fingerprint density at radius 3 is 2.71 bits per heavy atom.